The highest BCUT2D eigenvalue weighted by atomic mass is 16.2. The Hall–Kier alpha value is -4.26. The van der Waals surface area contributed by atoms with Crippen LogP contribution < -0.4 is 10.2 Å². The molecule has 2 heterocycles. The molecule has 0 aliphatic carbocycles. The smallest absolute Gasteiger partial charge is 0.266 e. The molecule has 0 atom stereocenters. The summed E-state index contributed by atoms with van der Waals surface area (Å²) in [6, 6.07) is 20.8. The lowest BCUT2D eigenvalue weighted by atomic mass is 10.1. The van der Waals surface area contributed by atoms with Gasteiger partial charge in [0, 0.05) is 0 Å². The molecule has 5 rings (SSSR count). The molecule has 146 valence electrons. The first-order valence-corrected chi connectivity index (χ1v) is 9.42. The lowest BCUT2D eigenvalue weighted by Crippen LogP contribution is -2.33. The van der Waals surface area contributed by atoms with E-state index in [2.05, 4.69) is 15.3 Å². The van der Waals surface area contributed by atoms with Crippen LogP contribution in [0.1, 0.15) is 36.9 Å². The van der Waals surface area contributed by atoms with E-state index >= 15 is 0 Å². The van der Waals surface area contributed by atoms with Crippen LogP contribution in [-0.2, 0) is 6.54 Å². The van der Waals surface area contributed by atoms with Gasteiger partial charge in [0.05, 0.1) is 40.0 Å². The third kappa shape index (κ3) is 2.84. The first kappa shape index (κ1) is 17.8. The first-order chi connectivity index (χ1) is 14.6. The fourth-order valence-corrected chi connectivity index (χ4v) is 3.62. The van der Waals surface area contributed by atoms with Crippen LogP contribution in [0.5, 0.6) is 0 Å². The molecule has 3 aromatic carbocycles. The number of imide groups is 1. The van der Waals surface area contributed by atoms with Crippen LogP contribution in [-0.4, -0.2) is 27.7 Å². The molecule has 0 saturated heterocycles. The number of anilines is 1. The van der Waals surface area contributed by atoms with Crippen molar-refractivity contribution in [3.8, 4) is 0 Å². The molecule has 0 bridgehead atoms. The van der Waals surface area contributed by atoms with E-state index in [1.165, 1.54) is 0 Å². The van der Waals surface area contributed by atoms with Gasteiger partial charge in [-0.15, -0.1) is 0 Å². The van der Waals surface area contributed by atoms with E-state index in [4.69, 9.17) is 0 Å². The summed E-state index contributed by atoms with van der Waals surface area (Å²) in [6.07, 6.45) is 0. The number of nitrogens with zero attached hydrogens (tertiary/aromatic N) is 2. The van der Waals surface area contributed by atoms with Gasteiger partial charge in [-0.3, -0.25) is 14.4 Å². The SMILES string of the molecule is O=C(NCc1nc2ccccc2[nH]1)c1ccccc1N1C(=O)c2ccccc2C1=O. The van der Waals surface area contributed by atoms with Crippen LogP contribution in [0.15, 0.2) is 72.8 Å². The van der Waals surface area contributed by atoms with Crippen molar-refractivity contribution < 1.29 is 14.4 Å². The molecule has 1 aliphatic rings. The second kappa shape index (κ2) is 6.97. The monoisotopic (exact) mass is 396 g/mol. The minimum Gasteiger partial charge on any atom is -0.345 e. The molecule has 4 aromatic rings. The second-order valence-electron chi connectivity index (χ2n) is 6.89. The third-order valence-electron chi connectivity index (χ3n) is 5.04. The average molecular weight is 396 g/mol. The van der Waals surface area contributed by atoms with Gasteiger partial charge in [0.25, 0.3) is 17.7 Å². The van der Waals surface area contributed by atoms with Gasteiger partial charge in [-0.2, -0.15) is 0 Å². The number of aromatic nitrogens is 2. The van der Waals surface area contributed by atoms with Gasteiger partial charge in [0.2, 0.25) is 0 Å². The van der Waals surface area contributed by atoms with Crippen molar-refractivity contribution >= 4 is 34.4 Å². The molecular weight excluding hydrogens is 380 g/mol. The Morgan fingerprint density at radius 3 is 2.23 bits per heavy atom. The quantitative estimate of drug-likeness (QED) is 0.518. The van der Waals surface area contributed by atoms with Crippen molar-refractivity contribution in [2.75, 3.05) is 4.90 Å². The molecule has 1 aliphatic heterocycles. The van der Waals surface area contributed by atoms with Gasteiger partial charge in [0.15, 0.2) is 0 Å². The highest BCUT2D eigenvalue weighted by Crippen LogP contribution is 2.30. The van der Waals surface area contributed by atoms with E-state index in [1.807, 2.05) is 24.3 Å². The minimum atomic E-state index is -0.437. The Morgan fingerprint density at radius 1 is 0.867 bits per heavy atom. The van der Waals surface area contributed by atoms with Gasteiger partial charge in [-0.25, -0.2) is 9.88 Å². The Bertz CT molecular complexity index is 1260. The van der Waals surface area contributed by atoms with Gasteiger partial charge in [0.1, 0.15) is 5.82 Å². The number of amides is 3. The standard InChI is InChI=1S/C23H16N4O3/c28-21(24-13-20-25-17-10-4-5-11-18(17)26-20)16-9-3-6-12-19(16)27-22(29)14-7-1-2-8-15(14)23(27)30/h1-12H,13H2,(H,24,28)(H,25,26). The number of carbonyl (C=O) groups excluding carboxylic acids is 3. The van der Waals surface area contributed by atoms with E-state index < -0.39 is 17.7 Å². The predicted molar refractivity (Wildman–Crippen MR) is 111 cm³/mol. The number of hydrogen-bond acceptors (Lipinski definition) is 4. The summed E-state index contributed by atoms with van der Waals surface area (Å²) in [5, 5.41) is 2.81. The van der Waals surface area contributed by atoms with E-state index in [-0.39, 0.29) is 17.8 Å². The van der Waals surface area contributed by atoms with Crippen molar-refractivity contribution in [1.82, 2.24) is 15.3 Å². The predicted octanol–water partition coefficient (Wildman–Crippen LogP) is 3.29. The zero-order chi connectivity index (χ0) is 20.7. The molecule has 7 heteroatoms. The number of hydrogen-bond donors (Lipinski definition) is 2. The molecule has 0 unspecified atom stereocenters. The van der Waals surface area contributed by atoms with Crippen molar-refractivity contribution in [2.24, 2.45) is 0 Å². The molecule has 0 fully saturated rings. The zero-order valence-corrected chi connectivity index (χ0v) is 15.8. The summed E-state index contributed by atoms with van der Waals surface area (Å²) in [4.78, 5) is 47.2. The number of imidazole rings is 1. The maximum Gasteiger partial charge on any atom is 0.266 e. The molecule has 7 nitrogen and oxygen atoms in total. The van der Waals surface area contributed by atoms with Crippen molar-refractivity contribution in [1.29, 1.82) is 0 Å². The summed E-state index contributed by atoms with van der Waals surface area (Å²) in [7, 11) is 0. The van der Waals surface area contributed by atoms with Crippen LogP contribution in [0.25, 0.3) is 11.0 Å². The third-order valence-corrected chi connectivity index (χ3v) is 5.04. The maximum absolute atomic E-state index is 12.9. The Balaban J connectivity index is 1.41. The Labute approximate surface area is 171 Å². The summed E-state index contributed by atoms with van der Waals surface area (Å²) < 4.78 is 0. The number of para-hydroxylation sites is 3. The second-order valence-corrected chi connectivity index (χ2v) is 6.89. The summed E-state index contributed by atoms with van der Waals surface area (Å²) in [5.74, 6) is -0.661. The number of nitrogens with one attached hydrogen (secondary N) is 2. The lowest BCUT2D eigenvalue weighted by molar-refractivity contribution is 0.0926. The topological polar surface area (TPSA) is 95.2 Å². The van der Waals surface area contributed by atoms with Crippen LogP contribution >= 0.6 is 0 Å². The molecule has 30 heavy (non-hydrogen) atoms. The highest BCUT2D eigenvalue weighted by molar-refractivity contribution is 6.35. The largest absolute Gasteiger partial charge is 0.345 e. The minimum absolute atomic E-state index is 0.184. The molecule has 0 saturated carbocycles. The summed E-state index contributed by atoms with van der Waals surface area (Å²) in [6.45, 7) is 0.184. The molecule has 1 aromatic heterocycles. The lowest BCUT2D eigenvalue weighted by Gasteiger charge is -2.17. The van der Waals surface area contributed by atoms with Gasteiger partial charge >= 0.3 is 0 Å². The van der Waals surface area contributed by atoms with Crippen molar-refractivity contribution in [3.63, 3.8) is 0 Å². The van der Waals surface area contributed by atoms with Crippen LogP contribution in [0.3, 0.4) is 0 Å². The van der Waals surface area contributed by atoms with E-state index in [1.54, 1.807) is 48.5 Å². The van der Waals surface area contributed by atoms with Crippen molar-refractivity contribution in [3.05, 3.63) is 95.3 Å². The molecular formula is C23H16N4O3. The molecule has 0 spiro atoms. The fraction of sp³-hybridized carbons (Fsp3) is 0.0435. The highest BCUT2D eigenvalue weighted by Gasteiger charge is 2.37. The van der Waals surface area contributed by atoms with E-state index in [9.17, 15) is 14.4 Å². The summed E-state index contributed by atoms with van der Waals surface area (Å²) in [5.41, 5.74) is 2.86. The van der Waals surface area contributed by atoms with Gasteiger partial charge in [-0.05, 0) is 36.4 Å². The van der Waals surface area contributed by atoms with Gasteiger partial charge in [-0.1, -0.05) is 36.4 Å². The van der Waals surface area contributed by atoms with Crippen LogP contribution in [0, 0.1) is 0 Å². The molecule has 3 amide bonds. The molecule has 0 radical (unpaired) electrons. The molecule has 2 N–H and O–H groups in total. The average Bonchev–Trinajstić information content (AvgIpc) is 3.31. The fourth-order valence-electron chi connectivity index (χ4n) is 3.62. The normalized spacial score (nSPS) is 13.0. The number of rotatable bonds is 4. The Kier molecular flexibility index (Phi) is 4.14. The van der Waals surface area contributed by atoms with E-state index in [0.717, 1.165) is 15.9 Å². The number of H-pyrrole nitrogens is 1. The number of aromatic amines is 1. The Morgan fingerprint density at radius 2 is 1.50 bits per heavy atom. The van der Waals surface area contributed by atoms with E-state index in [0.29, 0.717) is 17.0 Å². The van der Waals surface area contributed by atoms with Crippen LogP contribution in [0.4, 0.5) is 5.69 Å². The van der Waals surface area contributed by atoms with Crippen molar-refractivity contribution in [2.45, 2.75) is 6.54 Å². The number of fused-ring (bicyclic) bond motifs is 2. The number of carbonyl (C=O) groups is 3. The van der Waals surface area contributed by atoms with Gasteiger partial charge < -0.3 is 10.3 Å². The van der Waals surface area contributed by atoms with Crippen LogP contribution in [0.2, 0.25) is 0 Å². The zero-order valence-electron chi connectivity index (χ0n) is 15.8. The summed E-state index contributed by atoms with van der Waals surface area (Å²) >= 11 is 0. The maximum atomic E-state index is 12.9. The first-order valence-electron chi connectivity index (χ1n) is 9.42. The number of benzene rings is 3.